The van der Waals surface area contributed by atoms with Gasteiger partial charge in [-0.1, -0.05) is 13.8 Å². The van der Waals surface area contributed by atoms with Crippen molar-refractivity contribution in [3.63, 3.8) is 0 Å². The molecule has 2 rings (SSSR count). The number of hydrogen-bond acceptors (Lipinski definition) is 4. The van der Waals surface area contributed by atoms with Crippen LogP contribution in [0, 0.1) is 0 Å². The van der Waals surface area contributed by atoms with Crippen molar-refractivity contribution in [2.24, 2.45) is 0 Å². The molecule has 1 aliphatic rings. The Morgan fingerprint density at radius 2 is 2.24 bits per heavy atom. The highest BCUT2D eigenvalue weighted by Gasteiger charge is 2.20. The zero-order chi connectivity index (χ0) is 15.2. The lowest BCUT2D eigenvalue weighted by molar-refractivity contribution is 0.00610. The minimum atomic E-state index is 0.101. The van der Waals surface area contributed by atoms with E-state index < -0.39 is 0 Å². The van der Waals surface area contributed by atoms with Crippen LogP contribution >= 0.6 is 15.9 Å². The van der Waals surface area contributed by atoms with Gasteiger partial charge in [-0.2, -0.15) is 0 Å². The Labute approximate surface area is 135 Å². The van der Waals surface area contributed by atoms with E-state index in [1.54, 1.807) is 7.11 Å². The number of rotatable bonds is 6. The van der Waals surface area contributed by atoms with Gasteiger partial charge in [-0.15, -0.1) is 0 Å². The molecule has 21 heavy (non-hydrogen) atoms. The smallest absolute Gasteiger partial charge is 0.175 e. The van der Waals surface area contributed by atoms with Crippen LogP contribution in [-0.2, 0) is 11.3 Å². The van der Waals surface area contributed by atoms with Crippen LogP contribution in [0.1, 0.15) is 32.3 Å². The fourth-order valence-electron chi connectivity index (χ4n) is 2.28. The van der Waals surface area contributed by atoms with Crippen LogP contribution in [0.15, 0.2) is 16.6 Å². The number of benzene rings is 1. The Bertz CT molecular complexity index is 459. The summed E-state index contributed by atoms with van der Waals surface area (Å²) in [7, 11) is 1.67. The molecule has 1 aromatic carbocycles. The summed E-state index contributed by atoms with van der Waals surface area (Å²) in [5, 5.41) is 3.40. The Hall–Kier alpha value is -0.780. The molecule has 0 aliphatic carbocycles. The molecule has 1 aliphatic heterocycles. The first-order valence-electron chi connectivity index (χ1n) is 7.44. The number of halogens is 1. The molecule has 0 bridgehead atoms. The van der Waals surface area contributed by atoms with E-state index in [0.29, 0.717) is 12.6 Å². The van der Waals surface area contributed by atoms with E-state index in [4.69, 9.17) is 14.2 Å². The summed E-state index contributed by atoms with van der Waals surface area (Å²) in [5.74, 6) is 1.52. The van der Waals surface area contributed by atoms with Crippen molar-refractivity contribution in [2.75, 3.05) is 20.3 Å². The van der Waals surface area contributed by atoms with Crippen LogP contribution < -0.4 is 14.8 Å². The molecule has 1 N–H and O–H groups in total. The lowest BCUT2D eigenvalue weighted by Gasteiger charge is -2.25. The maximum Gasteiger partial charge on any atom is 0.175 e. The third kappa shape index (κ3) is 4.87. The third-order valence-electron chi connectivity index (χ3n) is 3.41. The van der Waals surface area contributed by atoms with Crippen molar-refractivity contribution < 1.29 is 14.2 Å². The number of nitrogens with one attached hydrogen (secondary N) is 1. The van der Waals surface area contributed by atoms with Gasteiger partial charge in [0, 0.05) is 19.2 Å². The summed E-state index contributed by atoms with van der Waals surface area (Å²) in [5.41, 5.74) is 1.17. The van der Waals surface area contributed by atoms with Gasteiger partial charge in [-0.3, -0.25) is 0 Å². The molecule has 1 saturated heterocycles. The van der Waals surface area contributed by atoms with Gasteiger partial charge < -0.3 is 19.5 Å². The monoisotopic (exact) mass is 357 g/mol. The van der Waals surface area contributed by atoms with Crippen molar-refractivity contribution in [3.05, 3.63) is 22.2 Å². The van der Waals surface area contributed by atoms with Gasteiger partial charge in [0.05, 0.1) is 18.2 Å². The second kappa shape index (κ2) is 8.01. The van der Waals surface area contributed by atoms with Gasteiger partial charge in [0.2, 0.25) is 0 Å². The van der Waals surface area contributed by atoms with Crippen molar-refractivity contribution in [1.29, 1.82) is 0 Å². The average molecular weight is 358 g/mol. The highest BCUT2D eigenvalue weighted by atomic mass is 79.9. The summed E-state index contributed by atoms with van der Waals surface area (Å²) in [6.45, 7) is 6.54. The summed E-state index contributed by atoms with van der Waals surface area (Å²) in [6.07, 6.45) is 2.16. The Morgan fingerprint density at radius 1 is 1.43 bits per heavy atom. The zero-order valence-corrected chi connectivity index (χ0v) is 14.5. The standard InChI is InChI=1S/C16H24BrNO3/c1-11(2)18-9-12-7-14(17)16(15(8-12)19-3)21-13-5-4-6-20-10-13/h7-8,11,13,18H,4-6,9-10H2,1-3H3. The molecule has 1 fully saturated rings. The van der Waals surface area contributed by atoms with Crippen molar-refractivity contribution in [3.8, 4) is 11.5 Å². The molecule has 0 radical (unpaired) electrons. The highest BCUT2D eigenvalue weighted by Crippen LogP contribution is 2.38. The lowest BCUT2D eigenvalue weighted by Crippen LogP contribution is -2.28. The van der Waals surface area contributed by atoms with Crippen LogP contribution in [0.5, 0.6) is 11.5 Å². The van der Waals surface area contributed by atoms with Crippen LogP contribution in [0.25, 0.3) is 0 Å². The van der Waals surface area contributed by atoms with E-state index in [1.807, 2.05) is 6.07 Å². The topological polar surface area (TPSA) is 39.7 Å². The predicted octanol–water partition coefficient (Wildman–Crippen LogP) is 3.51. The average Bonchev–Trinajstić information content (AvgIpc) is 2.48. The normalized spacial score (nSPS) is 18.8. The first-order chi connectivity index (χ1) is 10.1. The summed E-state index contributed by atoms with van der Waals surface area (Å²) >= 11 is 3.60. The van der Waals surface area contributed by atoms with Crippen LogP contribution in [0.3, 0.4) is 0 Å². The van der Waals surface area contributed by atoms with E-state index >= 15 is 0 Å². The SMILES string of the molecule is COc1cc(CNC(C)C)cc(Br)c1OC1CCCOC1. The minimum absolute atomic E-state index is 0.101. The van der Waals surface area contributed by atoms with Crippen LogP contribution in [-0.4, -0.2) is 32.5 Å². The summed E-state index contributed by atoms with van der Waals surface area (Å²) in [6, 6.07) is 4.56. The molecule has 5 heteroatoms. The van der Waals surface area contributed by atoms with Crippen molar-refractivity contribution >= 4 is 15.9 Å². The Morgan fingerprint density at radius 3 is 2.86 bits per heavy atom. The molecule has 1 aromatic rings. The number of hydrogen-bond donors (Lipinski definition) is 1. The Kier molecular flexibility index (Phi) is 6.33. The molecular weight excluding hydrogens is 334 g/mol. The first kappa shape index (κ1) is 16.6. The Balaban J connectivity index is 2.12. The fourth-order valence-corrected chi connectivity index (χ4v) is 2.87. The van der Waals surface area contributed by atoms with E-state index in [2.05, 4.69) is 41.2 Å². The fraction of sp³-hybridized carbons (Fsp3) is 0.625. The molecule has 0 saturated carbocycles. The molecule has 0 spiro atoms. The molecule has 1 atom stereocenters. The van der Waals surface area contributed by atoms with Crippen LogP contribution in [0.2, 0.25) is 0 Å². The second-order valence-electron chi connectivity index (χ2n) is 5.60. The molecule has 1 unspecified atom stereocenters. The minimum Gasteiger partial charge on any atom is -0.493 e. The number of methoxy groups -OCH3 is 1. The van der Waals surface area contributed by atoms with E-state index in [9.17, 15) is 0 Å². The second-order valence-corrected chi connectivity index (χ2v) is 6.46. The maximum atomic E-state index is 6.07. The van der Waals surface area contributed by atoms with E-state index in [1.165, 1.54) is 5.56 Å². The van der Waals surface area contributed by atoms with Gasteiger partial charge in [-0.05, 0) is 46.5 Å². The van der Waals surface area contributed by atoms with Crippen LogP contribution in [0.4, 0.5) is 0 Å². The lowest BCUT2D eigenvalue weighted by atomic mass is 10.1. The van der Waals surface area contributed by atoms with Gasteiger partial charge in [0.15, 0.2) is 11.5 Å². The van der Waals surface area contributed by atoms with Gasteiger partial charge in [0.1, 0.15) is 6.10 Å². The largest absolute Gasteiger partial charge is 0.493 e. The zero-order valence-electron chi connectivity index (χ0n) is 12.9. The van der Waals surface area contributed by atoms with Gasteiger partial charge >= 0.3 is 0 Å². The summed E-state index contributed by atoms with van der Waals surface area (Å²) < 4.78 is 18.0. The molecular formula is C16H24BrNO3. The molecule has 1 heterocycles. The number of ether oxygens (including phenoxy) is 3. The summed E-state index contributed by atoms with van der Waals surface area (Å²) in [4.78, 5) is 0. The van der Waals surface area contributed by atoms with Gasteiger partial charge in [0.25, 0.3) is 0 Å². The first-order valence-corrected chi connectivity index (χ1v) is 8.23. The molecule has 0 amide bonds. The van der Waals surface area contributed by atoms with Crippen molar-refractivity contribution in [1.82, 2.24) is 5.32 Å². The molecule has 118 valence electrons. The predicted molar refractivity (Wildman–Crippen MR) is 87.1 cm³/mol. The third-order valence-corrected chi connectivity index (χ3v) is 4.00. The molecule has 0 aromatic heterocycles. The quantitative estimate of drug-likeness (QED) is 0.845. The van der Waals surface area contributed by atoms with E-state index in [0.717, 1.165) is 42.0 Å². The van der Waals surface area contributed by atoms with Gasteiger partial charge in [-0.25, -0.2) is 0 Å². The van der Waals surface area contributed by atoms with E-state index in [-0.39, 0.29) is 6.10 Å². The maximum absolute atomic E-state index is 6.07. The van der Waals surface area contributed by atoms with Crippen molar-refractivity contribution in [2.45, 2.75) is 45.4 Å². The molecule has 4 nitrogen and oxygen atoms in total. The highest BCUT2D eigenvalue weighted by molar-refractivity contribution is 9.10.